The van der Waals surface area contributed by atoms with Gasteiger partial charge in [-0.15, -0.1) is 0 Å². The quantitative estimate of drug-likeness (QED) is 0.926. The molecule has 0 aliphatic rings. The molecule has 0 fully saturated rings. The average molecular weight is 297 g/mol. The molecule has 0 bridgehead atoms. The Morgan fingerprint density at radius 3 is 2.56 bits per heavy atom. The third-order valence-corrected chi connectivity index (χ3v) is 3.04. The lowest BCUT2D eigenvalue weighted by Crippen LogP contribution is -2.25. The lowest BCUT2D eigenvalue weighted by atomic mass is 10.2. The molecule has 0 amide bonds. The van der Waals surface area contributed by atoms with Gasteiger partial charge in [0.2, 0.25) is 0 Å². The summed E-state index contributed by atoms with van der Waals surface area (Å²) < 4.78 is 38.3. The molecule has 90 valence electrons. The van der Waals surface area contributed by atoms with Gasteiger partial charge in [-0.3, -0.25) is 0 Å². The van der Waals surface area contributed by atoms with Crippen molar-refractivity contribution in [2.24, 2.45) is 5.73 Å². The molecule has 2 nitrogen and oxygen atoms in total. The summed E-state index contributed by atoms with van der Waals surface area (Å²) in [6.45, 7) is -0.318. The number of nitrogens with zero attached hydrogens (tertiary/aromatic N) is 1. The molecule has 0 atom stereocenters. The van der Waals surface area contributed by atoms with E-state index in [2.05, 4.69) is 15.9 Å². The monoisotopic (exact) mass is 296 g/mol. The lowest BCUT2D eigenvalue weighted by molar-refractivity contribution is 0.156. The van der Waals surface area contributed by atoms with Crippen LogP contribution in [-0.2, 0) is 6.54 Å². The molecule has 0 saturated carbocycles. The zero-order valence-electron chi connectivity index (χ0n) is 8.68. The van der Waals surface area contributed by atoms with Gasteiger partial charge in [-0.2, -0.15) is 0 Å². The highest BCUT2D eigenvalue weighted by Crippen LogP contribution is 2.29. The van der Waals surface area contributed by atoms with Crippen LogP contribution in [0.3, 0.4) is 0 Å². The van der Waals surface area contributed by atoms with Gasteiger partial charge in [0.25, 0.3) is 6.43 Å². The van der Waals surface area contributed by atoms with E-state index in [0.717, 1.165) is 0 Å². The van der Waals surface area contributed by atoms with E-state index >= 15 is 0 Å². The third kappa shape index (κ3) is 2.89. The molecule has 0 radical (unpaired) electrons. The molecule has 0 aliphatic carbocycles. The first-order valence-electron chi connectivity index (χ1n) is 4.63. The van der Waals surface area contributed by atoms with Crippen molar-refractivity contribution in [2.75, 3.05) is 18.5 Å². The second-order valence-corrected chi connectivity index (χ2v) is 4.14. The lowest BCUT2D eigenvalue weighted by Gasteiger charge is -2.20. The smallest absolute Gasteiger partial charge is 0.255 e. The van der Waals surface area contributed by atoms with Gasteiger partial charge in [-0.25, -0.2) is 13.2 Å². The maximum Gasteiger partial charge on any atom is 0.255 e. The van der Waals surface area contributed by atoms with Crippen LogP contribution in [0.5, 0.6) is 0 Å². The largest absolute Gasteiger partial charge is 0.366 e. The summed E-state index contributed by atoms with van der Waals surface area (Å²) in [4.78, 5) is 1.17. The molecule has 1 aromatic carbocycles. The van der Waals surface area contributed by atoms with E-state index in [9.17, 15) is 13.2 Å². The normalized spacial score (nSPS) is 10.9. The van der Waals surface area contributed by atoms with Gasteiger partial charge in [0, 0.05) is 13.6 Å². The molecule has 0 aromatic heterocycles. The molecule has 0 unspecified atom stereocenters. The Morgan fingerprint density at radius 1 is 1.44 bits per heavy atom. The van der Waals surface area contributed by atoms with Crippen molar-refractivity contribution in [3.63, 3.8) is 0 Å². The van der Waals surface area contributed by atoms with Crippen molar-refractivity contribution in [2.45, 2.75) is 13.0 Å². The van der Waals surface area contributed by atoms with Gasteiger partial charge in [0.1, 0.15) is 0 Å². The van der Waals surface area contributed by atoms with E-state index in [1.165, 1.54) is 18.0 Å². The van der Waals surface area contributed by atoms with Crippen LogP contribution in [0.25, 0.3) is 0 Å². The summed E-state index contributed by atoms with van der Waals surface area (Å²) in [5, 5.41) is 0. The molecule has 0 saturated heterocycles. The number of benzene rings is 1. The Kier molecular flexibility index (Phi) is 4.61. The van der Waals surface area contributed by atoms with Gasteiger partial charge in [0.05, 0.1) is 16.7 Å². The van der Waals surface area contributed by atoms with Crippen LogP contribution >= 0.6 is 15.9 Å². The summed E-state index contributed by atoms with van der Waals surface area (Å²) in [5.41, 5.74) is 6.13. The predicted molar refractivity (Wildman–Crippen MR) is 61.3 cm³/mol. The molecule has 0 heterocycles. The molecule has 1 rings (SSSR count). The number of anilines is 1. The summed E-state index contributed by atoms with van der Waals surface area (Å²) in [7, 11) is 1.42. The van der Waals surface area contributed by atoms with Crippen LogP contribution in [0.15, 0.2) is 16.6 Å². The second-order valence-electron chi connectivity index (χ2n) is 3.35. The number of hydrogen-bond donors (Lipinski definition) is 1. The fraction of sp³-hybridized carbons (Fsp3) is 0.400. The maximum absolute atomic E-state index is 13.8. The van der Waals surface area contributed by atoms with Crippen LogP contribution in [0.1, 0.15) is 5.56 Å². The maximum atomic E-state index is 13.8. The summed E-state index contributed by atoms with van der Waals surface area (Å²) >= 11 is 3.06. The molecule has 16 heavy (non-hydrogen) atoms. The summed E-state index contributed by atoms with van der Waals surface area (Å²) in [5.74, 6) is -0.564. The Hall–Kier alpha value is -0.750. The Morgan fingerprint density at radius 2 is 2.06 bits per heavy atom. The van der Waals surface area contributed by atoms with Gasteiger partial charge >= 0.3 is 0 Å². The first-order chi connectivity index (χ1) is 7.47. The van der Waals surface area contributed by atoms with Gasteiger partial charge in [-0.05, 0) is 27.6 Å². The molecule has 0 spiro atoms. The molecular formula is C10H12BrF3N2. The van der Waals surface area contributed by atoms with E-state index in [4.69, 9.17) is 5.73 Å². The number of nitrogens with two attached hydrogens (primary N) is 1. The van der Waals surface area contributed by atoms with Crippen molar-refractivity contribution >= 4 is 21.6 Å². The molecule has 1 aromatic rings. The highest BCUT2D eigenvalue weighted by molar-refractivity contribution is 9.10. The van der Waals surface area contributed by atoms with Crippen LogP contribution in [0.2, 0.25) is 0 Å². The number of halogens is 4. The van der Waals surface area contributed by atoms with Gasteiger partial charge in [0.15, 0.2) is 5.82 Å². The van der Waals surface area contributed by atoms with Crippen molar-refractivity contribution in [3.8, 4) is 0 Å². The summed E-state index contributed by atoms with van der Waals surface area (Å²) in [6, 6.07) is 3.06. The zero-order valence-corrected chi connectivity index (χ0v) is 10.3. The van der Waals surface area contributed by atoms with Crippen LogP contribution in [-0.4, -0.2) is 20.0 Å². The van der Waals surface area contributed by atoms with E-state index < -0.39 is 18.8 Å². The molecular weight excluding hydrogens is 285 g/mol. The van der Waals surface area contributed by atoms with E-state index in [1.54, 1.807) is 6.07 Å². The van der Waals surface area contributed by atoms with Crippen LogP contribution < -0.4 is 10.6 Å². The summed E-state index contributed by atoms with van der Waals surface area (Å²) in [6.07, 6.45) is -2.50. The van der Waals surface area contributed by atoms with Crippen molar-refractivity contribution in [1.82, 2.24) is 0 Å². The zero-order chi connectivity index (χ0) is 12.3. The third-order valence-electron chi connectivity index (χ3n) is 2.18. The van der Waals surface area contributed by atoms with E-state index in [1.807, 2.05) is 0 Å². The first kappa shape index (κ1) is 13.3. The standard InChI is InChI=1S/C10H12BrF3N2/c1-16(5-8(12)13)7-3-2-6(4-15)9(11)10(7)14/h2-3,8H,4-5,15H2,1H3. The molecule has 6 heteroatoms. The van der Waals surface area contributed by atoms with E-state index in [-0.39, 0.29) is 16.7 Å². The van der Waals surface area contributed by atoms with Crippen molar-refractivity contribution < 1.29 is 13.2 Å². The minimum Gasteiger partial charge on any atom is -0.366 e. The van der Waals surface area contributed by atoms with E-state index in [0.29, 0.717) is 5.56 Å². The Balaban J connectivity index is 3.02. The van der Waals surface area contributed by atoms with Crippen LogP contribution in [0, 0.1) is 5.82 Å². The number of rotatable bonds is 4. The van der Waals surface area contributed by atoms with Gasteiger partial charge in [-0.1, -0.05) is 6.07 Å². The number of alkyl halides is 2. The minimum absolute atomic E-state index is 0.129. The highest BCUT2D eigenvalue weighted by atomic mass is 79.9. The first-order valence-corrected chi connectivity index (χ1v) is 5.43. The molecule has 0 aliphatic heterocycles. The highest BCUT2D eigenvalue weighted by Gasteiger charge is 2.16. The predicted octanol–water partition coefficient (Wildman–Crippen LogP) is 2.75. The Labute approximate surface area is 100 Å². The van der Waals surface area contributed by atoms with Crippen molar-refractivity contribution in [1.29, 1.82) is 0 Å². The second kappa shape index (κ2) is 5.54. The average Bonchev–Trinajstić information content (AvgIpc) is 2.20. The van der Waals surface area contributed by atoms with Crippen LogP contribution in [0.4, 0.5) is 18.9 Å². The molecule has 2 N–H and O–H groups in total. The van der Waals surface area contributed by atoms with Gasteiger partial charge < -0.3 is 10.6 Å². The fourth-order valence-electron chi connectivity index (χ4n) is 1.34. The van der Waals surface area contributed by atoms with Crippen molar-refractivity contribution in [3.05, 3.63) is 28.0 Å². The Bertz CT molecular complexity index is 371. The minimum atomic E-state index is -2.50. The topological polar surface area (TPSA) is 29.3 Å². The fourth-order valence-corrected chi connectivity index (χ4v) is 1.83. The SMILES string of the molecule is CN(CC(F)F)c1ccc(CN)c(Br)c1F. The number of hydrogen-bond acceptors (Lipinski definition) is 2.